The number of rotatable bonds is 5. The van der Waals surface area contributed by atoms with E-state index in [9.17, 15) is 18.0 Å². The first kappa shape index (κ1) is 18.4. The molecule has 1 saturated carbocycles. The maximum absolute atomic E-state index is 12.2. The van der Waals surface area contributed by atoms with Gasteiger partial charge in [-0.2, -0.15) is 0 Å². The number of anilines is 1. The van der Waals surface area contributed by atoms with Crippen LogP contribution in [0.2, 0.25) is 0 Å². The lowest BCUT2D eigenvalue weighted by Gasteiger charge is -2.15. The average molecular weight is 354 g/mol. The van der Waals surface area contributed by atoms with Crippen LogP contribution in [0.5, 0.6) is 0 Å². The molecule has 1 fully saturated rings. The topological polar surface area (TPSA) is 116 Å². The number of benzene rings is 1. The third-order valence-corrected chi connectivity index (χ3v) is 5.30. The van der Waals surface area contributed by atoms with E-state index in [1.165, 1.54) is 25.3 Å². The zero-order valence-corrected chi connectivity index (χ0v) is 14.6. The number of ether oxygens (including phenoxy) is 1. The van der Waals surface area contributed by atoms with Crippen molar-refractivity contribution in [1.82, 2.24) is 0 Å². The first-order valence-corrected chi connectivity index (χ1v) is 9.58. The molecule has 1 aromatic carbocycles. The van der Waals surface area contributed by atoms with E-state index in [0.29, 0.717) is 0 Å². The number of esters is 1. The summed E-state index contributed by atoms with van der Waals surface area (Å²) >= 11 is 0. The summed E-state index contributed by atoms with van der Waals surface area (Å²) in [5.41, 5.74) is 6.27. The number of carbonyl (C=O) groups is 2. The fourth-order valence-electron chi connectivity index (χ4n) is 2.89. The van der Waals surface area contributed by atoms with Gasteiger partial charge in [0.25, 0.3) is 0 Å². The van der Waals surface area contributed by atoms with Crippen molar-refractivity contribution in [3.05, 3.63) is 23.8 Å². The summed E-state index contributed by atoms with van der Waals surface area (Å²) in [6, 6.07) is 3.97. The van der Waals surface area contributed by atoms with Gasteiger partial charge in [-0.1, -0.05) is 6.42 Å². The van der Waals surface area contributed by atoms with Crippen molar-refractivity contribution in [3.63, 3.8) is 0 Å². The van der Waals surface area contributed by atoms with Crippen LogP contribution in [0.1, 0.15) is 36.0 Å². The summed E-state index contributed by atoms with van der Waals surface area (Å²) in [4.78, 5) is 23.8. The number of hydrogen-bond acceptors (Lipinski definition) is 6. The molecule has 1 amide bonds. The van der Waals surface area contributed by atoms with Gasteiger partial charge in [0.15, 0.2) is 9.84 Å². The molecule has 0 spiro atoms. The Bertz CT molecular complexity index is 745. The minimum atomic E-state index is -3.54. The molecule has 24 heavy (non-hydrogen) atoms. The molecule has 0 heterocycles. The fourth-order valence-corrected chi connectivity index (χ4v) is 3.57. The molecule has 132 valence electrons. The molecule has 0 unspecified atom stereocenters. The Morgan fingerprint density at radius 3 is 2.54 bits per heavy atom. The number of carbonyl (C=O) groups excluding carboxylic acids is 2. The molecular formula is C16H22N2O5S. The highest BCUT2D eigenvalue weighted by atomic mass is 32.2. The Hall–Kier alpha value is -1.93. The highest BCUT2D eigenvalue weighted by Gasteiger charge is 2.26. The Morgan fingerprint density at radius 1 is 1.29 bits per heavy atom. The van der Waals surface area contributed by atoms with E-state index in [4.69, 9.17) is 5.73 Å². The first-order chi connectivity index (χ1) is 11.2. The molecule has 0 bridgehead atoms. The van der Waals surface area contributed by atoms with Crippen LogP contribution < -0.4 is 11.1 Å². The van der Waals surface area contributed by atoms with Crippen LogP contribution >= 0.6 is 0 Å². The van der Waals surface area contributed by atoms with Crippen molar-refractivity contribution >= 4 is 27.4 Å². The van der Waals surface area contributed by atoms with Crippen molar-refractivity contribution in [2.75, 3.05) is 18.7 Å². The maximum Gasteiger partial charge on any atom is 0.337 e. The van der Waals surface area contributed by atoms with E-state index >= 15 is 0 Å². The van der Waals surface area contributed by atoms with E-state index in [0.717, 1.165) is 25.5 Å². The molecule has 1 aliphatic rings. The van der Waals surface area contributed by atoms with E-state index in [2.05, 4.69) is 10.1 Å². The molecule has 7 nitrogen and oxygen atoms in total. The van der Waals surface area contributed by atoms with Crippen molar-refractivity contribution in [1.29, 1.82) is 0 Å². The second-order valence-electron chi connectivity index (χ2n) is 6.12. The van der Waals surface area contributed by atoms with Crippen LogP contribution in [0.15, 0.2) is 23.1 Å². The highest BCUT2D eigenvalue weighted by molar-refractivity contribution is 7.90. The van der Waals surface area contributed by atoms with Crippen LogP contribution in [0.3, 0.4) is 0 Å². The number of hydrogen-bond donors (Lipinski definition) is 2. The van der Waals surface area contributed by atoms with Crippen molar-refractivity contribution in [2.45, 2.75) is 36.6 Å². The average Bonchev–Trinajstić information content (AvgIpc) is 2.90. The Labute approximate surface area is 141 Å². The Morgan fingerprint density at radius 2 is 2.00 bits per heavy atom. The lowest BCUT2D eigenvalue weighted by atomic mass is 10.00. The molecule has 0 aromatic heterocycles. The smallest absolute Gasteiger partial charge is 0.337 e. The molecule has 0 saturated heterocycles. The van der Waals surface area contributed by atoms with E-state index in [1.807, 2.05) is 0 Å². The zero-order chi connectivity index (χ0) is 17.9. The quantitative estimate of drug-likeness (QED) is 0.771. The molecular weight excluding hydrogens is 332 g/mol. The van der Waals surface area contributed by atoms with E-state index in [-0.39, 0.29) is 40.4 Å². The van der Waals surface area contributed by atoms with E-state index in [1.54, 1.807) is 0 Å². The zero-order valence-electron chi connectivity index (χ0n) is 13.7. The first-order valence-electron chi connectivity index (χ1n) is 7.69. The van der Waals surface area contributed by atoms with Gasteiger partial charge in [0.2, 0.25) is 5.91 Å². The number of nitrogens with two attached hydrogens (primary N) is 1. The van der Waals surface area contributed by atoms with Gasteiger partial charge >= 0.3 is 5.97 Å². The predicted octanol–water partition coefficient (Wildman–Crippen LogP) is 1.33. The fraction of sp³-hybridized carbons (Fsp3) is 0.500. The van der Waals surface area contributed by atoms with Crippen LogP contribution in [-0.4, -0.2) is 39.7 Å². The Kier molecular flexibility index (Phi) is 5.61. The van der Waals surface area contributed by atoms with Gasteiger partial charge < -0.3 is 15.8 Å². The summed E-state index contributed by atoms with van der Waals surface area (Å²) in [5.74, 6) is -0.796. The molecule has 1 aromatic rings. The van der Waals surface area contributed by atoms with Gasteiger partial charge in [0, 0.05) is 24.4 Å². The lowest BCUT2D eigenvalue weighted by Crippen LogP contribution is -2.28. The summed E-state index contributed by atoms with van der Waals surface area (Å²) in [5, 5.41) is 2.65. The Balaban J connectivity index is 2.22. The third kappa shape index (κ3) is 4.55. The van der Waals surface area contributed by atoms with Crippen LogP contribution in [0.25, 0.3) is 0 Å². The molecule has 2 rings (SSSR count). The van der Waals surface area contributed by atoms with Gasteiger partial charge in [-0.3, -0.25) is 4.79 Å². The lowest BCUT2D eigenvalue weighted by molar-refractivity contribution is -0.117. The maximum atomic E-state index is 12.2. The molecule has 2 atom stereocenters. The highest BCUT2D eigenvalue weighted by Crippen LogP contribution is 2.27. The van der Waals surface area contributed by atoms with Gasteiger partial charge in [-0.05, 0) is 37.0 Å². The largest absolute Gasteiger partial charge is 0.465 e. The normalized spacial score (nSPS) is 20.6. The number of nitrogens with one attached hydrogen (secondary N) is 1. The van der Waals surface area contributed by atoms with Gasteiger partial charge in [-0.15, -0.1) is 0 Å². The predicted molar refractivity (Wildman–Crippen MR) is 89.5 cm³/mol. The van der Waals surface area contributed by atoms with E-state index < -0.39 is 15.8 Å². The van der Waals surface area contributed by atoms with Crippen LogP contribution in [-0.2, 0) is 19.4 Å². The number of methoxy groups -OCH3 is 1. The molecule has 0 aliphatic heterocycles. The second-order valence-corrected chi connectivity index (χ2v) is 8.13. The summed E-state index contributed by atoms with van der Waals surface area (Å²) in [6.45, 7) is 0. The van der Waals surface area contributed by atoms with Crippen molar-refractivity contribution < 1.29 is 22.7 Å². The summed E-state index contributed by atoms with van der Waals surface area (Å²) < 4.78 is 28.2. The minimum Gasteiger partial charge on any atom is -0.465 e. The molecule has 3 N–H and O–H groups in total. The monoisotopic (exact) mass is 354 g/mol. The summed E-state index contributed by atoms with van der Waals surface area (Å²) in [7, 11) is -2.33. The van der Waals surface area contributed by atoms with Crippen molar-refractivity contribution in [3.8, 4) is 0 Å². The number of amides is 1. The molecule has 0 radical (unpaired) electrons. The minimum absolute atomic E-state index is 0.0173. The van der Waals surface area contributed by atoms with Crippen LogP contribution in [0.4, 0.5) is 5.69 Å². The van der Waals surface area contributed by atoms with Gasteiger partial charge in [0.05, 0.1) is 17.6 Å². The number of sulfone groups is 1. The SMILES string of the molecule is COC(=O)c1cc(NC(=O)C[C@@H]2CCC[C@H]2N)cc(S(C)(=O)=O)c1. The second kappa shape index (κ2) is 7.31. The van der Waals surface area contributed by atoms with Gasteiger partial charge in [-0.25, -0.2) is 13.2 Å². The summed E-state index contributed by atoms with van der Waals surface area (Å²) in [6.07, 6.45) is 4.14. The molecule has 1 aliphatic carbocycles. The standard InChI is InChI=1S/C16H22N2O5S/c1-23-16(20)11-6-12(9-13(7-11)24(2,21)22)18-15(19)8-10-4-3-5-14(10)17/h6-7,9-10,14H,3-5,8,17H2,1-2H3,(H,18,19)/t10-,14+/m0/s1. The van der Waals surface area contributed by atoms with Crippen molar-refractivity contribution in [2.24, 2.45) is 11.7 Å². The van der Waals surface area contributed by atoms with Gasteiger partial charge in [0.1, 0.15) is 0 Å². The van der Waals surface area contributed by atoms with Crippen LogP contribution in [0, 0.1) is 5.92 Å². The molecule has 8 heteroatoms. The third-order valence-electron chi connectivity index (χ3n) is 4.20.